The van der Waals surface area contributed by atoms with Crippen molar-refractivity contribution in [1.82, 2.24) is 10.3 Å². The highest BCUT2D eigenvalue weighted by atomic mass is 32.1. The number of nitrogens with one attached hydrogen (secondary N) is 3. The van der Waals surface area contributed by atoms with Gasteiger partial charge >= 0.3 is 5.97 Å². The first-order valence-electron chi connectivity index (χ1n) is 13.3. The van der Waals surface area contributed by atoms with Crippen LogP contribution in [0.15, 0.2) is 41.8 Å². The highest BCUT2D eigenvalue weighted by Crippen LogP contribution is 2.72. The molecule has 1 aromatic heterocycles. The van der Waals surface area contributed by atoms with Gasteiger partial charge in [-0.25, -0.2) is 14.2 Å². The monoisotopic (exact) mass is 562 g/mol. The minimum Gasteiger partial charge on any atom is -0.476 e. The average Bonchev–Trinajstić information content (AvgIpc) is 3.15. The second-order valence-corrected chi connectivity index (χ2v) is 13.2. The van der Waals surface area contributed by atoms with Crippen LogP contribution in [0, 0.1) is 31.0 Å². The first kappa shape index (κ1) is 26.6. The third-order valence-corrected chi connectivity index (χ3v) is 9.68. The summed E-state index contributed by atoms with van der Waals surface area (Å²) in [6.45, 7) is 9.96. The highest BCUT2D eigenvalue weighted by Gasteiger charge is 2.81. The fourth-order valence-electron chi connectivity index (χ4n) is 7.26. The van der Waals surface area contributed by atoms with Gasteiger partial charge < -0.3 is 15.7 Å². The van der Waals surface area contributed by atoms with Crippen molar-refractivity contribution in [2.45, 2.75) is 64.0 Å². The largest absolute Gasteiger partial charge is 0.476 e. The van der Waals surface area contributed by atoms with E-state index in [-0.39, 0.29) is 33.6 Å². The normalized spacial score (nSPS) is 28.6. The molecule has 208 valence electrons. The molecule has 5 atom stereocenters. The number of aromatic nitrogens is 1. The number of carboxylic acid groups (broad SMARTS) is 1. The molecule has 1 saturated heterocycles. The maximum Gasteiger partial charge on any atom is 0.355 e. The molecule has 6 rings (SSSR count). The zero-order valence-corrected chi connectivity index (χ0v) is 23.7. The van der Waals surface area contributed by atoms with Gasteiger partial charge in [0.05, 0.1) is 6.04 Å². The predicted molar refractivity (Wildman–Crippen MR) is 150 cm³/mol. The van der Waals surface area contributed by atoms with Crippen molar-refractivity contribution >= 4 is 39.9 Å². The number of carbonyl (C=O) groups excluding carboxylic acids is 2. The first-order chi connectivity index (χ1) is 18.8. The Hall–Kier alpha value is -3.63. The number of hydrogen-bond donors (Lipinski definition) is 4. The van der Waals surface area contributed by atoms with Crippen LogP contribution in [0.5, 0.6) is 0 Å². The van der Waals surface area contributed by atoms with E-state index in [1.54, 1.807) is 25.1 Å². The quantitative estimate of drug-likeness (QED) is 0.356. The Bertz CT molecular complexity index is 1600. The number of amides is 2. The zero-order chi connectivity index (χ0) is 28.8. The van der Waals surface area contributed by atoms with Gasteiger partial charge in [-0.3, -0.25) is 14.9 Å². The fourth-order valence-corrected chi connectivity index (χ4v) is 7.95. The van der Waals surface area contributed by atoms with Gasteiger partial charge in [0.1, 0.15) is 11.2 Å². The summed E-state index contributed by atoms with van der Waals surface area (Å²) in [5, 5.41) is 20.2. The van der Waals surface area contributed by atoms with E-state index in [1.807, 2.05) is 25.1 Å². The van der Waals surface area contributed by atoms with Gasteiger partial charge in [0.15, 0.2) is 10.8 Å². The van der Waals surface area contributed by atoms with Gasteiger partial charge in [0, 0.05) is 22.5 Å². The Kier molecular flexibility index (Phi) is 5.77. The maximum absolute atomic E-state index is 16.0. The lowest BCUT2D eigenvalue weighted by Gasteiger charge is -2.38. The van der Waals surface area contributed by atoms with Gasteiger partial charge in [-0.2, -0.15) is 0 Å². The molecule has 8 nitrogen and oxygen atoms in total. The second kappa shape index (κ2) is 8.68. The van der Waals surface area contributed by atoms with Crippen molar-refractivity contribution in [2.24, 2.45) is 11.3 Å². The van der Waals surface area contributed by atoms with E-state index in [0.717, 1.165) is 22.5 Å². The van der Waals surface area contributed by atoms with E-state index in [4.69, 9.17) is 0 Å². The molecule has 40 heavy (non-hydrogen) atoms. The summed E-state index contributed by atoms with van der Waals surface area (Å²) in [5.41, 5.74) is 0.658. The molecule has 3 aromatic rings. The molecule has 3 heterocycles. The summed E-state index contributed by atoms with van der Waals surface area (Å²) in [7, 11) is 0. The maximum atomic E-state index is 16.0. The van der Waals surface area contributed by atoms with Crippen LogP contribution in [0.25, 0.3) is 0 Å². The number of carboxylic acids is 1. The van der Waals surface area contributed by atoms with Crippen molar-refractivity contribution in [1.29, 1.82) is 0 Å². The van der Waals surface area contributed by atoms with E-state index in [1.165, 1.54) is 5.38 Å². The standard InChI is InChI=1S/C30H31FN4O4S/c1-14-9-10-17-18(11-14)32-26(39)30(17)21(16-8-6-7-15(2)22(16)31)23(35-29(30)12-20(29)28(3,4)5)24(36)34-27-33-19(13-40-27)25(37)38/h6-11,13,20-21,23,35H,12H2,1-5H3,(H,32,39)(H,37,38)(H,33,34,36)/t20?,21-,23+,29?,30+/m0/s1. The Morgan fingerprint density at radius 2 is 1.95 bits per heavy atom. The number of anilines is 2. The smallest absolute Gasteiger partial charge is 0.355 e. The number of thiazole rings is 1. The fraction of sp³-hybridized carbons (Fsp3) is 0.400. The van der Waals surface area contributed by atoms with Crippen molar-refractivity contribution in [3.8, 4) is 0 Å². The number of fused-ring (bicyclic) bond motifs is 3. The summed E-state index contributed by atoms with van der Waals surface area (Å²) >= 11 is 0.997. The van der Waals surface area contributed by atoms with Crippen LogP contribution in [-0.4, -0.2) is 39.5 Å². The average molecular weight is 563 g/mol. The Balaban J connectivity index is 1.57. The van der Waals surface area contributed by atoms with Gasteiger partial charge in [0.25, 0.3) is 0 Å². The van der Waals surface area contributed by atoms with Crippen molar-refractivity contribution in [2.75, 3.05) is 10.6 Å². The van der Waals surface area contributed by atoms with Crippen molar-refractivity contribution in [3.05, 3.63) is 75.5 Å². The number of aryl methyl sites for hydroxylation is 2. The van der Waals surface area contributed by atoms with Gasteiger partial charge in [-0.1, -0.05) is 51.1 Å². The molecule has 1 aliphatic carbocycles. The number of halogens is 1. The van der Waals surface area contributed by atoms with E-state index >= 15 is 4.39 Å². The van der Waals surface area contributed by atoms with E-state index in [2.05, 4.69) is 41.7 Å². The molecule has 4 N–H and O–H groups in total. The summed E-state index contributed by atoms with van der Waals surface area (Å²) in [6.07, 6.45) is 0.630. The van der Waals surface area contributed by atoms with Gasteiger partial charge in [0.2, 0.25) is 11.8 Å². The lowest BCUT2D eigenvalue weighted by molar-refractivity contribution is -0.122. The van der Waals surface area contributed by atoms with Crippen molar-refractivity contribution in [3.63, 3.8) is 0 Å². The molecule has 2 aromatic carbocycles. The van der Waals surface area contributed by atoms with Crippen LogP contribution in [-0.2, 0) is 15.0 Å². The summed E-state index contributed by atoms with van der Waals surface area (Å²) in [6, 6.07) is 9.88. The third-order valence-electron chi connectivity index (χ3n) is 8.92. The molecule has 2 aliphatic heterocycles. The molecule has 2 spiro atoms. The summed E-state index contributed by atoms with van der Waals surface area (Å²) < 4.78 is 16.0. The van der Waals surface area contributed by atoms with Crippen LogP contribution in [0.2, 0.25) is 0 Å². The van der Waals surface area contributed by atoms with Crippen LogP contribution in [0.3, 0.4) is 0 Å². The van der Waals surface area contributed by atoms with Crippen LogP contribution in [0.4, 0.5) is 15.2 Å². The molecule has 10 heteroatoms. The highest BCUT2D eigenvalue weighted by molar-refractivity contribution is 7.14. The minimum atomic E-state index is -1.26. The molecule has 2 fully saturated rings. The Labute approximate surface area is 235 Å². The van der Waals surface area contributed by atoms with Gasteiger partial charge in [-0.15, -0.1) is 11.3 Å². The van der Waals surface area contributed by atoms with E-state index in [9.17, 15) is 19.5 Å². The lowest BCUT2D eigenvalue weighted by atomic mass is 9.61. The summed E-state index contributed by atoms with van der Waals surface area (Å²) in [4.78, 5) is 43.8. The number of hydrogen-bond acceptors (Lipinski definition) is 6. The second-order valence-electron chi connectivity index (χ2n) is 12.3. The predicted octanol–water partition coefficient (Wildman–Crippen LogP) is 4.99. The lowest BCUT2D eigenvalue weighted by Crippen LogP contribution is -2.52. The number of nitrogens with zero attached hydrogens (tertiary/aromatic N) is 1. The SMILES string of the molecule is Cc1ccc2c(c1)NC(=O)[C@]21[C@@H](c2cccc(C)c2F)[C@H](C(=O)Nc2nc(C(=O)O)cs2)NC12CC2C(C)(C)C. The molecule has 2 amide bonds. The van der Waals surface area contributed by atoms with Crippen LogP contribution in [0.1, 0.15) is 65.9 Å². The van der Waals surface area contributed by atoms with Crippen LogP contribution < -0.4 is 16.0 Å². The molecular weight excluding hydrogens is 531 g/mol. The number of aromatic carboxylic acids is 1. The van der Waals surface area contributed by atoms with Gasteiger partial charge in [-0.05, 0) is 59.9 Å². The molecule has 1 saturated carbocycles. The molecule has 0 bridgehead atoms. The Morgan fingerprint density at radius 1 is 1.20 bits per heavy atom. The minimum absolute atomic E-state index is 0.0182. The Morgan fingerprint density at radius 3 is 2.60 bits per heavy atom. The van der Waals surface area contributed by atoms with E-state index < -0.39 is 40.6 Å². The number of carbonyl (C=O) groups is 3. The third kappa shape index (κ3) is 3.58. The van der Waals surface area contributed by atoms with E-state index in [0.29, 0.717) is 17.7 Å². The topological polar surface area (TPSA) is 120 Å². The van der Waals surface area contributed by atoms with Crippen molar-refractivity contribution < 1.29 is 23.9 Å². The molecular formula is C30H31FN4O4S. The molecule has 3 aliphatic rings. The number of benzene rings is 2. The van der Waals surface area contributed by atoms with Crippen LogP contribution >= 0.6 is 11.3 Å². The molecule has 2 unspecified atom stereocenters. The zero-order valence-electron chi connectivity index (χ0n) is 22.9. The number of rotatable bonds is 4. The first-order valence-corrected chi connectivity index (χ1v) is 14.1. The summed E-state index contributed by atoms with van der Waals surface area (Å²) in [5.74, 6) is -3.27. The molecule has 0 radical (unpaired) electrons.